The predicted molar refractivity (Wildman–Crippen MR) is 74.2 cm³/mol. The van der Waals surface area contributed by atoms with Crippen molar-refractivity contribution in [3.8, 4) is 0 Å². The number of aliphatic imine (C=N–C) groups is 1. The van der Waals surface area contributed by atoms with Gasteiger partial charge in [-0.05, 0) is 31.5 Å². The Morgan fingerprint density at radius 2 is 2.21 bits per heavy atom. The van der Waals surface area contributed by atoms with Crippen LogP contribution < -0.4 is 11.5 Å². The number of thioether (sulfide) groups is 1. The molecule has 3 nitrogen and oxygen atoms in total. The molecule has 0 saturated heterocycles. The van der Waals surface area contributed by atoms with Gasteiger partial charge in [0.25, 0.3) is 0 Å². The monoisotopic (exact) mass is 283 g/mol. The minimum Gasteiger partial charge on any atom is -0.399 e. The number of halogens is 2. The molecule has 0 amide bonds. The molecular formula is C13H15F2N3S. The zero-order valence-electron chi connectivity index (χ0n) is 10.5. The number of anilines is 1. The van der Waals surface area contributed by atoms with E-state index in [1.165, 1.54) is 23.9 Å². The number of rotatable bonds is 2. The molecule has 1 aromatic carbocycles. The van der Waals surface area contributed by atoms with Gasteiger partial charge >= 0.3 is 0 Å². The maximum atomic E-state index is 14.1. The molecule has 1 fully saturated rings. The molecule has 1 saturated carbocycles. The van der Waals surface area contributed by atoms with Crippen LogP contribution in [0.5, 0.6) is 0 Å². The number of nitrogens with zero attached hydrogens (tertiary/aromatic N) is 1. The molecule has 3 rings (SSSR count). The van der Waals surface area contributed by atoms with E-state index in [2.05, 4.69) is 4.99 Å². The Balaban J connectivity index is 2.12. The molecule has 4 N–H and O–H groups in total. The van der Waals surface area contributed by atoms with E-state index in [1.54, 1.807) is 13.0 Å². The average Bonchev–Trinajstić information content (AvgIpc) is 3.08. The molecule has 0 radical (unpaired) electrons. The maximum Gasteiger partial charge on any atom is 0.155 e. The number of nitrogen functional groups attached to an aromatic ring is 1. The fourth-order valence-corrected chi connectivity index (χ4v) is 4.33. The Kier molecular flexibility index (Phi) is 2.58. The fraction of sp³-hybridized carbons (Fsp3) is 0.462. The Labute approximate surface area is 114 Å². The van der Waals surface area contributed by atoms with Crippen molar-refractivity contribution in [2.45, 2.75) is 23.6 Å². The van der Waals surface area contributed by atoms with Crippen LogP contribution in [0.3, 0.4) is 0 Å². The molecule has 1 aliphatic carbocycles. The van der Waals surface area contributed by atoms with Crippen LogP contribution in [0, 0.1) is 11.7 Å². The van der Waals surface area contributed by atoms with Crippen molar-refractivity contribution in [3.05, 3.63) is 29.6 Å². The molecule has 3 atom stereocenters. The van der Waals surface area contributed by atoms with E-state index >= 15 is 0 Å². The summed E-state index contributed by atoms with van der Waals surface area (Å²) in [5.41, 5.74) is 11.6. The van der Waals surface area contributed by atoms with Gasteiger partial charge in [-0.25, -0.2) is 8.78 Å². The first-order valence-electron chi connectivity index (χ1n) is 6.07. The summed E-state index contributed by atoms with van der Waals surface area (Å²) in [5.74, 6) is -0.418. The van der Waals surface area contributed by atoms with E-state index < -0.39 is 17.0 Å². The summed E-state index contributed by atoms with van der Waals surface area (Å²) in [6.45, 7) is 1.33. The van der Waals surface area contributed by atoms with Crippen LogP contribution in [-0.4, -0.2) is 16.6 Å². The van der Waals surface area contributed by atoms with Crippen LogP contribution in [0.15, 0.2) is 23.2 Å². The average molecular weight is 283 g/mol. The Hall–Kier alpha value is -1.30. The van der Waals surface area contributed by atoms with E-state index in [0.29, 0.717) is 22.8 Å². The highest BCUT2D eigenvalue weighted by molar-refractivity contribution is 8.15. The van der Waals surface area contributed by atoms with Crippen molar-refractivity contribution < 1.29 is 8.78 Å². The van der Waals surface area contributed by atoms with Crippen molar-refractivity contribution in [2.75, 3.05) is 12.4 Å². The number of fused-ring (bicyclic) bond motifs is 1. The maximum absolute atomic E-state index is 14.1. The van der Waals surface area contributed by atoms with E-state index in [-0.39, 0.29) is 11.7 Å². The van der Waals surface area contributed by atoms with Gasteiger partial charge in [-0.2, -0.15) is 0 Å². The van der Waals surface area contributed by atoms with Gasteiger partial charge in [0.15, 0.2) is 5.17 Å². The summed E-state index contributed by atoms with van der Waals surface area (Å²) in [6.07, 6.45) is 0.656. The first-order valence-corrected chi connectivity index (χ1v) is 6.89. The molecule has 0 aromatic heterocycles. The quantitative estimate of drug-likeness (QED) is 0.819. The van der Waals surface area contributed by atoms with Crippen molar-refractivity contribution in [1.29, 1.82) is 0 Å². The van der Waals surface area contributed by atoms with Crippen molar-refractivity contribution in [1.82, 2.24) is 0 Å². The molecule has 1 aliphatic heterocycles. The highest BCUT2D eigenvalue weighted by Crippen LogP contribution is 2.66. The Bertz CT molecular complexity index is 577. The summed E-state index contributed by atoms with van der Waals surface area (Å²) in [6, 6.07) is 4.40. The SMILES string of the molecule is C[C@]1(c2cc(N)ccc2F)N=C(N)S[C@@]2(CF)CC21. The molecule has 0 bridgehead atoms. The topological polar surface area (TPSA) is 64.4 Å². The first kappa shape index (κ1) is 12.7. The predicted octanol–water partition coefficient (Wildman–Crippen LogP) is 2.41. The number of benzene rings is 1. The van der Waals surface area contributed by atoms with Crippen LogP contribution in [-0.2, 0) is 5.54 Å². The van der Waals surface area contributed by atoms with Gasteiger partial charge in [-0.1, -0.05) is 11.8 Å². The van der Waals surface area contributed by atoms with Crippen molar-refractivity contribution >= 4 is 22.6 Å². The third-order valence-corrected chi connectivity index (χ3v) is 5.38. The fourth-order valence-electron chi connectivity index (χ4n) is 3.00. The summed E-state index contributed by atoms with van der Waals surface area (Å²) < 4.78 is 26.8. The smallest absolute Gasteiger partial charge is 0.155 e. The van der Waals surface area contributed by atoms with Crippen molar-refractivity contribution in [2.24, 2.45) is 16.6 Å². The van der Waals surface area contributed by atoms with Crippen LogP contribution in [0.2, 0.25) is 0 Å². The summed E-state index contributed by atoms with van der Waals surface area (Å²) >= 11 is 1.27. The Morgan fingerprint density at radius 3 is 2.89 bits per heavy atom. The second-order valence-electron chi connectivity index (χ2n) is 5.39. The molecular weight excluding hydrogens is 268 g/mol. The van der Waals surface area contributed by atoms with Gasteiger partial charge in [0.2, 0.25) is 0 Å². The number of amidine groups is 1. The lowest BCUT2D eigenvalue weighted by Crippen LogP contribution is -2.36. The molecule has 1 unspecified atom stereocenters. The lowest BCUT2D eigenvalue weighted by atomic mass is 9.85. The molecule has 0 spiro atoms. The van der Waals surface area contributed by atoms with Crippen LogP contribution in [0.25, 0.3) is 0 Å². The number of hydrogen-bond donors (Lipinski definition) is 2. The normalized spacial score (nSPS) is 36.6. The van der Waals surface area contributed by atoms with Crippen LogP contribution in [0.1, 0.15) is 18.9 Å². The van der Waals surface area contributed by atoms with E-state index in [0.717, 1.165) is 0 Å². The minimum absolute atomic E-state index is 0.0430. The zero-order valence-corrected chi connectivity index (χ0v) is 11.3. The highest BCUT2D eigenvalue weighted by atomic mass is 32.2. The molecule has 1 heterocycles. The van der Waals surface area contributed by atoms with Gasteiger partial charge in [-0.15, -0.1) is 0 Å². The van der Waals surface area contributed by atoms with Gasteiger partial charge in [0.1, 0.15) is 12.5 Å². The molecule has 102 valence electrons. The van der Waals surface area contributed by atoms with E-state index in [9.17, 15) is 8.78 Å². The standard InChI is InChI=1S/C13H15F2N3S/c1-12(8-4-7(16)2-3-9(8)15)10-5-13(10,6-14)19-11(17)18-12/h2-4,10H,5-6,16H2,1H3,(H2,17,18)/t10?,12-,13-/m1/s1. The van der Waals surface area contributed by atoms with Gasteiger partial charge in [0, 0.05) is 17.2 Å². The first-order chi connectivity index (χ1) is 8.91. The van der Waals surface area contributed by atoms with Gasteiger partial charge in [0.05, 0.1) is 10.3 Å². The highest BCUT2D eigenvalue weighted by Gasteiger charge is 2.66. The van der Waals surface area contributed by atoms with Crippen molar-refractivity contribution in [3.63, 3.8) is 0 Å². The third kappa shape index (κ3) is 1.73. The number of alkyl halides is 1. The lowest BCUT2D eigenvalue weighted by Gasteiger charge is -2.33. The largest absolute Gasteiger partial charge is 0.399 e. The summed E-state index contributed by atoms with van der Waals surface area (Å²) in [5, 5.41) is 0.315. The Morgan fingerprint density at radius 1 is 1.47 bits per heavy atom. The zero-order chi connectivity index (χ0) is 13.8. The second-order valence-corrected chi connectivity index (χ2v) is 6.83. The van der Waals surface area contributed by atoms with Gasteiger partial charge in [-0.3, -0.25) is 4.99 Å². The molecule has 19 heavy (non-hydrogen) atoms. The van der Waals surface area contributed by atoms with E-state index in [4.69, 9.17) is 11.5 Å². The van der Waals surface area contributed by atoms with Gasteiger partial charge < -0.3 is 11.5 Å². The lowest BCUT2D eigenvalue weighted by molar-refractivity contribution is 0.363. The van der Waals surface area contributed by atoms with Crippen LogP contribution in [0.4, 0.5) is 14.5 Å². The number of hydrogen-bond acceptors (Lipinski definition) is 4. The minimum atomic E-state index is -0.832. The summed E-state index contributed by atoms with van der Waals surface area (Å²) in [4.78, 5) is 4.40. The second kappa shape index (κ2) is 3.85. The number of nitrogens with two attached hydrogens (primary N) is 2. The molecule has 2 aliphatic rings. The molecule has 6 heteroatoms. The van der Waals surface area contributed by atoms with Crippen LogP contribution >= 0.6 is 11.8 Å². The third-order valence-electron chi connectivity index (χ3n) is 4.12. The van der Waals surface area contributed by atoms with E-state index in [1.807, 2.05) is 0 Å². The summed E-state index contributed by atoms with van der Waals surface area (Å²) in [7, 11) is 0. The molecule has 1 aromatic rings.